The Bertz CT molecular complexity index is 650. The Morgan fingerprint density at radius 1 is 1.38 bits per heavy atom. The highest BCUT2D eigenvalue weighted by atomic mass is 16.5. The van der Waals surface area contributed by atoms with Crippen molar-refractivity contribution in [2.75, 3.05) is 18.4 Å². The first-order valence-corrected chi connectivity index (χ1v) is 7.18. The normalized spacial score (nSPS) is 18.0. The molecule has 0 radical (unpaired) electrons. The Morgan fingerprint density at radius 3 is 2.90 bits per heavy atom. The van der Waals surface area contributed by atoms with Crippen molar-refractivity contribution in [3.63, 3.8) is 0 Å². The van der Waals surface area contributed by atoms with Crippen molar-refractivity contribution in [3.05, 3.63) is 47.2 Å². The summed E-state index contributed by atoms with van der Waals surface area (Å²) in [5, 5.41) is 6.56. The van der Waals surface area contributed by atoms with Gasteiger partial charge in [-0.25, -0.2) is 4.79 Å². The Labute approximate surface area is 123 Å². The Hall–Kier alpha value is -2.30. The summed E-state index contributed by atoms with van der Waals surface area (Å²) in [5.74, 6) is 1.57. The van der Waals surface area contributed by atoms with Crippen molar-refractivity contribution >= 4 is 11.8 Å². The quantitative estimate of drug-likeness (QED) is 0.921. The van der Waals surface area contributed by atoms with Gasteiger partial charge in [0.05, 0.1) is 0 Å². The lowest BCUT2D eigenvalue weighted by Gasteiger charge is -2.17. The summed E-state index contributed by atoms with van der Waals surface area (Å²) >= 11 is 0. The number of rotatable bonds is 2. The molecular weight excluding hydrogens is 266 g/mol. The molecule has 1 N–H and O–H groups in total. The first-order valence-electron chi connectivity index (χ1n) is 7.18. The third-order valence-electron chi connectivity index (χ3n) is 3.97. The molecule has 1 aromatic heterocycles. The van der Waals surface area contributed by atoms with Crippen LogP contribution in [0.1, 0.15) is 29.2 Å². The van der Waals surface area contributed by atoms with Gasteiger partial charge in [-0.05, 0) is 31.4 Å². The van der Waals surface area contributed by atoms with Crippen LogP contribution in [0.15, 0.2) is 34.9 Å². The number of benzene rings is 1. The van der Waals surface area contributed by atoms with Crippen LogP contribution in [0.3, 0.4) is 0 Å². The molecule has 1 aliphatic heterocycles. The number of aromatic nitrogens is 1. The molecule has 2 aromatic rings. The number of hydrogen-bond donors (Lipinski definition) is 1. The highest BCUT2D eigenvalue weighted by molar-refractivity contribution is 5.88. The van der Waals surface area contributed by atoms with Gasteiger partial charge in [-0.3, -0.25) is 5.32 Å². The second kappa shape index (κ2) is 5.60. The van der Waals surface area contributed by atoms with Crippen molar-refractivity contribution in [1.82, 2.24) is 10.1 Å². The molecule has 1 aliphatic rings. The van der Waals surface area contributed by atoms with E-state index in [4.69, 9.17) is 4.52 Å². The maximum Gasteiger partial charge on any atom is 0.323 e. The highest BCUT2D eigenvalue weighted by Crippen LogP contribution is 2.29. The smallest absolute Gasteiger partial charge is 0.323 e. The monoisotopic (exact) mass is 285 g/mol. The molecule has 0 bridgehead atoms. The summed E-state index contributed by atoms with van der Waals surface area (Å²) in [4.78, 5) is 14.1. The molecule has 1 fully saturated rings. The Kier molecular flexibility index (Phi) is 3.64. The minimum Gasteiger partial charge on any atom is -0.360 e. The summed E-state index contributed by atoms with van der Waals surface area (Å²) < 4.78 is 4.95. The van der Waals surface area contributed by atoms with E-state index < -0.39 is 0 Å². The molecular formula is C16H19N3O2. The van der Waals surface area contributed by atoms with Gasteiger partial charge in [-0.2, -0.15) is 0 Å². The summed E-state index contributed by atoms with van der Waals surface area (Å²) in [7, 11) is 0. The van der Waals surface area contributed by atoms with E-state index in [1.807, 2.05) is 11.0 Å². The molecule has 5 heteroatoms. The molecule has 2 heterocycles. The van der Waals surface area contributed by atoms with Crippen molar-refractivity contribution in [1.29, 1.82) is 0 Å². The second-order valence-corrected chi connectivity index (χ2v) is 5.54. The van der Waals surface area contributed by atoms with E-state index in [1.165, 1.54) is 11.1 Å². The first-order chi connectivity index (χ1) is 10.1. The fraction of sp³-hybridized carbons (Fsp3) is 0.375. The molecule has 0 aliphatic carbocycles. The molecule has 1 atom stereocenters. The Balaban J connectivity index is 1.64. The van der Waals surface area contributed by atoms with Gasteiger partial charge in [0.2, 0.25) is 0 Å². The zero-order valence-corrected chi connectivity index (χ0v) is 12.3. The van der Waals surface area contributed by atoms with Gasteiger partial charge >= 0.3 is 6.03 Å². The topological polar surface area (TPSA) is 58.4 Å². The van der Waals surface area contributed by atoms with E-state index in [0.717, 1.165) is 19.5 Å². The molecule has 1 saturated heterocycles. The van der Waals surface area contributed by atoms with Crippen LogP contribution in [0, 0.1) is 13.8 Å². The van der Waals surface area contributed by atoms with Crippen LogP contribution in [-0.4, -0.2) is 29.2 Å². The second-order valence-electron chi connectivity index (χ2n) is 5.54. The summed E-state index contributed by atoms with van der Waals surface area (Å²) in [6.45, 7) is 5.43. The van der Waals surface area contributed by atoms with Gasteiger partial charge in [0.25, 0.3) is 0 Å². The zero-order chi connectivity index (χ0) is 14.8. The average molecular weight is 285 g/mol. The van der Waals surface area contributed by atoms with Gasteiger partial charge in [-0.1, -0.05) is 29.4 Å². The largest absolute Gasteiger partial charge is 0.360 e. The van der Waals surface area contributed by atoms with Crippen molar-refractivity contribution in [3.8, 4) is 0 Å². The summed E-state index contributed by atoms with van der Waals surface area (Å²) in [6, 6.07) is 9.99. The number of urea groups is 1. The number of carbonyl (C=O) groups is 1. The van der Waals surface area contributed by atoms with E-state index in [-0.39, 0.29) is 6.03 Å². The predicted molar refractivity (Wildman–Crippen MR) is 80.4 cm³/mol. The van der Waals surface area contributed by atoms with E-state index in [9.17, 15) is 4.79 Å². The van der Waals surface area contributed by atoms with Crippen molar-refractivity contribution in [2.45, 2.75) is 26.2 Å². The average Bonchev–Trinajstić information content (AvgIpc) is 3.09. The predicted octanol–water partition coefficient (Wildman–Crippen LogP) is 3.31. The molecule has 0 spiro atoms. The van der Waals surface area contributed by atoms with Gasteiger partial charge in [0.15, 0.2) is 5.82 Å². The fourth-order valence-corrected chi connectivity index (χ4v) is 2.86. The third-order valence-corrected chi connectivity index (χ3v) is 3.97. The van der Waals surface area contributed by atoms with Crippen LogP contribution >= 0.6 is 0 Å². The number of anilines is 1. The van der Waals surface area contributed by atoms with E-state index in [0.29, 0.717) is 17.5 Å². The molecule has 110 valence electrons. The number of aryl methyl sites for hydroxylation is 2. The molecule has 3 rings (SSSR count). The van der Waals surface area contributed by atoms with Gasteiger partial charge < -0.3 is 9.42 Å². The maximum absolute atomic E-state index is 12.2. The standard InChI is InChI=1S/C16H19N3O2/c1-11-5-3-4-6-14(11)13-7-8-19(10-13)16(20)17-15-9-12(2)21-18-15/h3-6,9,13H,7-8,10H2,1-2H3,(H,17,18,20). The number of amides is 2. The van der Waals surface area contributed by atoms with Crippen LogP contribution in [0.4, 0.5) is 10.6 Å². The number of likely N-dealkylation sites (tertiary alicyclic amines) is 1. The van der Waals surface area contributed by atoms with Crippen molar-refractivity contribution < 1.29 is 9.32 Å². The lowest BCUT2D eigenvalue weighted by Crippen LogP contribution is -2.32. The summed E-state index contributed by atoms with van der Waals surface area (Å²) in [5.41, 5.74) is 2.63. The van der Waals surface area contributed by atoms with Gasteiger partial charge in [0, 0.05) is 25.1 Å². The lowest BCUT2D eigenvalue weighted by molar-refractivity contribution is 0.221. The highest BCUT2D eigenvalue weighted by Gasteiger charge is 2.28. The van der Waals surface area contributed by atoms with Crippen LogP contribution in [-0.2, 0) is 0 Å². The van der Waals surface area contributed by atoms with Crippen LogP contribution in [0.25, 0.3) is 0 Å². The number of carbonyl (C=O) groups excluding carboxylic acids is 1. The molecule has 2 amide bonds. The van der Waals surface area contributed by atoms with E-state index in [2.05, 4.69) is 35.6 Å². The molecule has 1 aromatic carbocycles. The molecule has 5 nitrogen and oxygen atoms in total. The molecule has 1 unspecified atom stereocenters. The first kappa shape index (κ1) is 13.7. The SMILES string of the molecule is Cc1cc(NC(=O)N2CCC(c3ccccc3C)C2)no1. The van der Waals surface area contributed by atoms with Gasteiger partial charge in [-0.15, -0.1) is 0 Å². The summed E-state index contributed by atoms with van der Waals surface area (Å²) in [6.07, 6.45) is 0.996. The third kappa shape index (κ3) is 2.91. The van der Waals surface area contributed by atoms with Crippen molar-refractivity contribution in [2.24, 2.45) is 0 Å². The maximum atomic E-state index is 12.2. The minimum absolute atomic E-state index is 0.112. The van der Waals surface area contributed by atoms with E-state index in [1.54, 1.807) is 13.0 Å². The number of nitrogens with zero attached hydrogens (tertiary/aromatic N) is 2. The lowest BCUT2D eigenvalue weighted by atomic mass is 9.94. The minimum atomic E-state index is -0.112. The molecule has 0 saturated carbocycles. The van der Waals surface area contributed by atoms with E-state index >= 15 is 0 Å². The fourth-order valence-electron chi connectivity index (χ4n) is 2.86. The van der Waals surface area contributed by atoms with Crippen LogP contribution in [0.2, 0.25) is 0 Å². The number of hydrogen-bond acceptors (Lipinski definition) is 3. The zero-order valence-electron chi connectivity index (χ0n) is 12.3. The van der Waals surface area contributed by atoms with Gasteiger partial charge in [0.1, 0.15) is 5.76 Å². The molecule has 21 heavy (non-hydrogen) atoms. The van der Waals surface area contributed by atoms with Crippen LogP contribution < -0.4 is 5.32 Å². The van der Waals surface area contributed by atoms with Crippen LogP contribution in [0.5, 0.6) is 0 Å². The Morgan fingerprint density at radius 2 is 2.19 bits per heavy atom. The number of nitrogens with one attached hydrogen (secondary N) is 1.